The molecule has 5 unspecified atom stereocenters. The third-order valence-electron chi connectivity index (χ3n) is 12.7. The number of fused-ring (bicyclic) bond motifs is 5. The number of hydrogen-bond donors (Lipinski definition) is 1. The SMILES string of the molecule is CCC[C@@H](C)[C@H]1CCC2C3CCC4CC(NCCC[N+](C)(C)CCCS(=O)(=O)[O-])CC[C@]4(C)C3CC[C@@]21C.O. The van der Waals surface area contributed by atoms with E-state index in [1.54, 1.807) is 0 Å². The van der Waals surface area contributed by atoms with Gasteiger partial charge < -0.3 is 19.8 Å². The van der Waals surface area contributed by atoms with Gasteiger partial charge in [-0.25, -0.2) is 8.42 Å². The van der Waals surface area contributed by atoms with E-state index in [0.717, 1.165) is 66.0 Å². The van der Waals surface area contributed by atoms with Crippen molar-refractivity contribution in [1.29, 1.82) is 0 Å². The molecule has 6 nitrogen and oxygen atoms in total. The molecule has 0 aliphatic heterocycles. The molecule has 0 saturated heterocycles. The zero-order valence-electron chi connectivity index (χ0n) is 26.1. The van der Waals surface area contributed by atoms with Gasteiger partial charge in [0.05, 0.1) is 37.3 Å². The van der Waals surface area contributed by atoms with Crippen LogP contribution in [0.15, 0.2) is 0 Å². The van der Waals surface area contributed by atoms with Crippen LogP contribution < -0.4 is 5.32 Å². The van der Waals surface area contributed by atoms with Gasteiger partial charge in [0.25, 0.3) is 0 Å². The molecule has 4 aliphatic carbocycles. The van der Waals surface area contributed by atoms with Crippen LogP contribution in [-0.2, 0) is 10.1 Å². The van der Waals surface area contributed by atoms with Crippen LogP contribution in [0.5, 0.6) is 0 Å². The highest BCUT2D eigenvalue weighted by Crippen LogP contribution is 2.68. The normalized spacial score (nSPS) is 39.3. The van der Waals surface area contributed by atoms with Crippen LogP contribution >= 0.6 is 0 Å². The molecule has 0 heterocycles. The fraction of sp³-hybridized carbons (Fsp3) is 1.00. The van der Waals surface area contributed by atoms with Gasteiger partial charge >= 0.3 is 0 Å². The predicted octanol–water partition coefficient (Wildman–Crippen LogP) is 5.62. The second kappa shape index (κ2) is 13.0. The first-order chi connectivity index (χ1) is 17.8. The first-order valence-corrected chi connectivity index (χ1v) is 17.9. The standard InChI is InChI=1S/C32H60N2O3S.H2O/c1-7-10-24(2)28-13-14-29-27-12-11-25-23-26(15-17-31(25,3)30(27)16-18-32(28,29)4)33-19-8-20-34(5,6)21-9-22-38(35,36)37;/h24-30,33H,7-23H2,1-6H3;1H2/t24-,25?,26?,27?,28-,29?,30?,31+,32-;/m1./s1. The molecule has 0 aromatic rings. The van der Waals surface area contributed by atoms with Crippen molar-refractivity contribution in [2.24, 2.45) is 46.3 Å². The lowest BCUT2D eigenvalue weighted by Crippen LogP contribution is -2.55. The second-order valence-electron chi connectivity index (χ2n) is 15.4. The minimum absolute atomic E-state index is 0. The molecule has 0 radical (unpaired) electrons. The molecule has 3 N–H and O–H groups in total. The van der Waals surface area contributed by atoms with Crippen molar-refractivity contribution in [3.8, 4) is 0 Å². The van der Waals surface area contributed by atoms with Crippen LogP contribution in [0.3, 0.4) is 0 Å². The van der Waals surface area contributed by atoms with Gasteiger partial charge in [-0.3, -0.25) is 0 Å². The number of hydrogen-bond acceptors (Lipinski definition) is 4. The van der Waals surface area contributed by atoms with Gasteiger partial charge in [0.1, 0.15) is 0 Å². The van der Waals surface area contributed by atoms with Gasteiger partial charge in [0, 0.05) is 31.2 Å². The van der Waals surface area contributed by atoms with Crippen LogP contribution in [0, 0.1) is 46.3 Å². The van der Waals surface area contributed by atoms with Crippen LogP contribution in [-0.4, -0.2) is 68.5 Å². The van der Waals surface area contributed by atoms with Crippen molar-refractivity contribution in [3.05, 3.63) is 0 Å². The molecule has 4 fully saturated rings. The zero-order chi connectivity index (χ0) is 27.8. The smallest absolute Gasteiger partial charge is 0.0948 e. The molecule has 0 aromatic carbocycles. The Hall–Kier alpha value is -0.210. The molecule has 0 spiro atoms. The lowest BCUT2D eigenvalue weighted by atomic mass is 9.44. The van der Waals surface area contributed by atoms with Crippen molar-refractivity contribution in [2.45, 2.75) is 117 Å². The zero-order valence-corrected chi connectivity index (χ0v) is 27.0. The fourth-order valence-electron chi connectivity index (χ4n) is 10.7. The van der Waals surface area contributed by atoms with E-state index in [1.165, 1.54) is 70.6 Å². The van der Waals surface area contributed by atoms with Crippen molar-refractivity contribution in [1.82, 2.24) is 5.32 Å². The van der Waals surface area contributed by atoms with Crippen LogP contribution in [0.1, 0.15) is 111 Å². The Bertz CT molecular complexity index is 895. The summed E-state index contributed by atoms with van der Waals surface area (Å²) in [4.78, 5) is 0. The molecule has 0 bridgehead atoms. The van der Waals surface area contributed by atoms with E-state index >= 15 is 0 Å². The summed E-state index contributed by atoms with van der Waals surface area (Å²) in [6, 6.07) is 0.658. The molecule has 4 saturated carbocycles. The molecule has 0 aromatic heterocycles. The minimum atomic E-state index is -4.10. The molecule has 9 atom stereocenters. The summed E-state index contributed by atoms with van der Waals surface area (Å²) >= 11 is 0. The Balaban J connectivity index is 0.00000420. The quantitative estimate of drug-likeness (QED) is 0.187. The topological polar surface area (TPSA) is 101 Å². The van der Waals surface area contributed by atoms with Gasteiger partial charge in [0.2, 0.25) is 0 Å². The van der Waals surface area contributed by atoms with Gasteiger partial charge in [-0.1, -0.05) is 40.5 Å². The highest BCUT2D eigenvalue weighted by Gasteiger charge is 2.60. The molecule has 7 heteroatoms. The summed E-state index contributed by atoms with van der Waals surface area (Å²) in [6.45, 7) is 13.1. The van der Waals surface area contributed by atoms with E-state index in [9.17, 15) is 13.0 Å². The van der Waals surface area contributed by atoms with Crippen molar-refractivity contribution < 1.29 is 22.9 Å². The molecule has 4 aliphatic rings. The molecule has 4 rings (SSSR count). The van der Waals surface area contributed by atoms with E-state index in [1.807, 2.05) is 0 Å². The summed E-state index contributed by atoms with van der Waals surface area (Å²) in [7, 11) is 0.197. The Labute approximate surface area is 241 Å². The van der Waals surface area contributed by atoms with E-state index in [-0.39, 0.29) is 11.2 Å². The minimum Gasteiger partial charge on any atom is -0.748 e. The number of nitrogens with one attached hydrogen (secondary N) is 1. The number of nitrogens with zero attached hydrogens (tertiary/aromatic N) is 1. The average Bonchev–Trinajstić information content (AvgIpc) is 3.18. The number of quaternary nitrogens is 1. The van der Waals surface area contributed by atoms with Crippen molar-refractivity contribution >= 4 is 10.1 Å². The molecule has 230 valence electrons. The van der Waals surface area contributed by atoms with E-state index in [4.69, 9.17) is 0 Å². The first-order valence-electron chi connectivity index (χ1n) is 16.3. The van der Waals surface area contributed by atoms with Crippen LogP contribution in [0.25, 0.3) is 0 Å². The molecule has 39 heavy (non-hydrogen) atoms. The monoisotopic (exact) mass is 570 g/mol. The Morgan fingerprint density at radius 2 is 1.62 bits per heavy atom. The van der Waals surface area contributed by atoms with Gasteiger partial charge in [0.15, 0.2) is 0 Å². The summed E-state index contributed by atoms with van der Waals surface area (Å²) in [6.07, 6.45) is 17.3. The first kappa shape index (κ1) is 33.3. The average molecular weight is 571 g/mol. The molecular formula is C32H62N2O4S. The highest BCUT2D eigenvalue weighted by molar-refractivity contribution is 7.85. The van der Waals surface area contributed by atoms with Crippen molar-refractivity contribution in [2.75, 3.05) is 39.5 Å². The second-order valence-corrected chi connectivity index (χ2v) is 17.0. The largest absolute Gasteiger partial charge is 0.748 e. The lowest BCUT2D eigenvalue weighted by molar-refractivity contribution is -0.890. The fourth-order valence-corrected chi connectivity index (χ4v) is 11.2. The lowest BCUT2D eigenvalue weighted by Gasteiger charge is -2.61. The van der Waals surface area contributed by atoms with Crippen LogP contribution in [0.4, 0.5) is 0 Å². The summed E-state index contributed by atoms with van der Waals surface area (Å²) in [5.74, 6) is 5.42. The van der Waals surface area contributed by atoms with Gasteiger partial charge in [-0.2, -0.15) is 0 Å². The Morgan fingerprint density at radius 1 is 0.949 bits per heavy atom. The molecule has 0 amide bonds. The Morgan fingerprint density at radius 3 is 2.31 bits per heavy atom. The maximum Gasteiger partial charge on any atom is 0.0948 e. The summed E-state index contributed by atoms with van der Waals surface area (Å²) < 4.78 is 33.5. The van der Waals surface area contributed by atoms with Crippen molar-refractivity contribution in [3.63, 3.8) is 0 Å². The summed E-state index contributed by atoms with van der Waals surface area (Å²) in [5.41, 5.74) is 1.16. The van der Waals surface area contributed by atoms with E-state index in [2.05, 4.69) is 47.1 Å². The van der Waals surface area contributed by atoms with E-state index < -0.39 is 10.1 Å². The van der Waals surface area contributed by atoms with E-state index in [0.29, 0.717) is 23.3 Å². The summed E-state index contributed by atoms with van der Waals surface area (Å²) in [5, 5.41) is 3.91. The van der Waals surface area contributed by atoms with Gasteiger partial charge in [-0.05, 0) is 104 Å². The predicted molar refractivity (Wildman–Crippen MR) is 160 cm³/mol. The molecular weight excluding hydrogens is 508 g/mol. The van der Waals surface area contributed by atoms with Gasteiger partial charge in [-0.15, -0.1) is 0 Å². The third kappa shape index (κ3) is 7.42. The third-order valence-corrected chi connectivity index (χ3v) is 13.5. The number of rotatable bonds is 12. The van der Waals surface area contributed by atoms with Crippen LogP contribution in [0.2, 0.25) is 0 Å². The Kier molecular flexibility index (Phi) is 11.1. The maximum absolute atomic E-state index is 10.9. The maximum atomic E-state index is 10.9. The highest BCUT2D eigenvalue weighted by atomic mass is 32.2.